The van der Waals surface area contributed by atoms with Crippen molar-refractivity contribution in [3.63, 3.8) is 0 Å². The Balaban J connectivity index is 1.47. The van der Waals surface area contributed by atoms with Gasteiger partial charge in [0.1, 0.15) is 12.4 Å². The third-order valence-corrected chi connectivity index (χ3v) is 4.93. The fraction of sp³-hybridized carbons (Fsp3) is 0.444. The lowest BCUT2D eigenvalue weighted by atomic mass is 9.96. The van der Waals surface area contributed by atoms with E-state index in [0.717, 1.165) is 44.1 Å². The van der Waals surface area contributed by atoms with Crippen LogP contribution in [0.15, 0.2) is 36.8 Å². The number of rotatable bonds is 5. The average Bonchev–Trinajstić information content (AvgIpc) is 3.32. The van der Waals surface area contributed by atoms with E-state index in [0.29, 0.717) is 18.3 Å². The van der Waals surface area contributed by atoms with Gasteiger partial charge in [-0.05, 0) is 38.0 Å². The van der Waals surface area contributed by atoms with E-state index in [4.69, 9.17) is 0 Å². The van der Waals surface area contributed by atoms with Crippen LogP contribution in [-0.4, -0.2) is 42.6 Å². The molecule has 0 amide bonds. The van der Waals surface area contributed by atoms with Crippen LogP contribution in [-0.2, 0) is 13.1 Å². The van der Waals surface area contributed by atoms with Gasteiger partial charge in [0.15, 0.2) is 17.5 Å². The summed E-state index contributed by atoms with van der Waals surface area (Å²) in [6.07, 6.45) is 7.15. The molecule has 0 aromatic carbocycles. The van der Waals surface area contributed by atoms with Crippen LogP contribution in [0.5, 0.6) is 0 Å². The van der Waals surface area contributed by atoms with Crippen molar-refractivity contribution < 1.29 is 4.39 Å². The van der Waals surface area contributed by atoms with Crippen LogP contribution < -0.4 is 4.90 Å². The molecule has 7 nitrogen and oxygen atoms in total. The van der Waals surface area contributed by atoms with Crippen molar-refractivity contribution in [2.45, 2.75) is 38.8 Å². The molecule has 4 rings (SSSR count). The van der Waals surface area contributed by atoms with E-state index < -0.39 is 0 Å². The zero-order valence-corrected chi connectivity index (χ0v) is 14.8. The predicted molar refractivity (Wildman–Crippen MR) is 95.4 cm³/mol. The summed E-state index contributed by atoms with van der Waals surface area (Å²) >= 11 is 0. The zero-order chi connectivity index (χ0) is 17.9. The van der Waals surface area contributed by atoms with Gasteiger partial charge in [-0.2, -0.15) is 5.10 Å². The van der Waals surface area contributed by atoms with Crippen molar-refractivity contribution in [2.24, 2.45) is 0 Å². The van der Waals surface area contributed by atoms with Gasteiger partial charge in [0.2, 0.25) is 0 Å². The smallest absolute Gasteiger partial charge is 0.165 e. The van der Waals surface area contributed by atoms with E-state index in [1.54, 1.807) is 18.5 Å². The molecular weight excluding hydrogens is 333 g/mol. The molecule has 0 unspecified atom stereocenters. The number of pyridine rings is 1. The summed E-state index contributed by atoms with van der Waals surface area (Å²) in [4.78, 5) is 6.20. The summed E-state index contributed by atoms with van der Waals surface area (Å²) in [7, 11) is 0. The third kappa shape index (κ3) is 3.18. The van der Waals surface area contributed by atoms with Crippen molar-refractivity contribution >= 4 is 5.82 Å². The molecule has 0 saturated carbocycles. The average molecular weight is 355 g/mol. The molecule has 1 saturated heterocycles. The van der Waals surface area contributed by atoms with Gasteiger partial charge in [0.25, 0.3) is 0 Å². The van der Waals surface area contributed by atoms with Gasteiger partial charge in [-0.25, -0.2) is 9.37 Å². The second-order valence-electron chi connectivity index (χ2n) is 6.49. The highest BCUT2D eigenvalue weighted by Gasteiger charge is 2.27. The van der Waals surface area contributed by atoms with Crippen LogP contribution in [0.1, 0.15) is 37.3 Å². The van der Waals surface area contributed by atoms with Crippen LogP contribution in [0, 0.1) is 5.82 Å². The minimum absolute atomic E-state index is 0.260. The first-order valence-electron chi connectivity index (χ1n) is 9.01. The molecule has 0 radical (unpaired) electrons. The van der Waals surface area contributed by atoms with Gasteiger partial charge in [-0.1, -0.05) is 0 Å². The second-order valence-corrected chi connectivity index (χ2v) is 6.49. The van der Waals surface area contributed by atoms with Crippen LogP contribution in [0.3, 0.4) is 0 Å². The lowest BCUT2D eigenvalue weighted by molar-refractivity contribution is 0.456. The SMILES string of the molecule is CCn1c(Cn2cccn2)nnc1C1CCN(c2ncccc2F)CC1. The van der Waals surface area contributed by atoms with Gasteiger partial charge in [0.05, 0.1) is 0 Å². The highest BCUT2D eigenvalue weighted by atomic mass is 19.1. The molecule has 4 heterocycles. The number of halogens is 1. The highest BCUT2D eigenvalue weighted by Crippen LogP contribution is 2.30. The maximum Gasteiger partial charge on any atom is 0.165 e. The first-order valence-corrected chi connectivity index (χ1v) is 9.01. The van der Waals surface area contributed by atoms with Crippen LogP contribution in [0.25, 0.3) is 0 Å². The molecule has 0 atom stereocenters. The Morgan fingerprint density at radius 2 is 2.00 bits per heavy atom. The number of hydrogen-bond donors (Lipinski definition) is 0. The van der Waals surface area contributed by atoms with Crippen molar-refractivity contribution in [3.05, 3.63) is 54.3 Å². The van der Waals surface area contributed by atoms with E-state index in [-0.39, 0.29) is 5.82 Å². The quantitative estimate of drug-likeness (QED) is 0.703. The van der Waals surface area contributed by atoms with Gasteiger partial charge >= 0.3 is 0 Å². The van der Waals surface area contributed by atoms with E-state index in [1.165, 1.54) is 6.07 Å². The van der Waals surface area contributed by atoms with E-state index >= 15 is 0 Å². The summed E-state index contributed by atoms with van der Waals surface area (Å²) < 4.78 is 18.0. The standard InChI is InChI=1S/C18H22FN7/c1-2-26-16(13-25-10-4-9-21-25)22-23-17(26)14-6-11-24(12-7-14)18-15(19)5-3-8-20-18/h3-5,8-10,14H,2,6-7,11-13H2,1H3. The topological polar surface area (TPSA) is 64.7 Å². The zero-order valence-electron chi connectivity index (χ0n) is 14.8. The molecule has 1 aliphatic heterocycles. The summed E-state index contributed by atoms with van der Waals surface area (Å²) in [6.45, 7) is 5.09. The van der Waals surface area contributed by atoms with Gasteiger partial charge in [-0.15, -0.1) is 10.2 Å². The first-order chi connectivity index (χ1) is 12.8. The minimum atomic E-state index is -0.260. The number of anilines is 1. The molecule has 3 aromatic heterocycles. The molecule has 0 bridgehead atoms. The predicted octanol–water partition coefficient (Wildman–Crippen LogP) is 2.46. The summed E-state index contributed by atoms with van der Waals surface area (Å²) in [6, 6.07) is 4.99. The molecule has 0 spiro atoms. The van der Waals surface area contributed by atoms with E-state index in [9.17, 15) is 4.39 Å². The molecule has 0 aliphatic carbocycles. The molecular formula is C18H22FN7. The highest BCUT2D eigenvalue weighted by molar-refractivity contribution is 5.40. The van der Waals surface area contributed by atoms with Crippen molar-refractivity contribution in [1.29, 1.82) is 0 Å². The Hall–Kier alpha value is -2.77. The Morgan fingerprint density at radius 3 is 2.69 bits per heavy atom. The summed E-state index contributed by atoms with van der Waals surface area (Å²) in [5.41, 5.74) is 0. The lowest BCUT2D eigenvalue weighted by Crippen LogP contribution is -2.35. The second kappa shape index (κ2) is 7.23. The molecule has 136 valence electrons. The van der Waals surface area contributed by atoms with Crippen LogP contribution >= 0.6 is 0 Å². The number of aromatic nitrogens is 6. The summed E-state index contributed by atoms with van der Waals surface area (Å²) in [5.74, 6) is 2.46. The lowest BCUT2D eigenvalue weighted by Gasteiger charge is -2.32. The fourth-order valence-electron chi connectivity index (χ4n) is 3.61. The van der Waals surface area contributed by atoms with Crippen LogP contribution in [0.4, 0.5) is 10.2 Å². The third-order valence-electron chi connectivity index (χ3n) is 4.93. The van der Waals surface area contributed by atoms with Gasteiger partial charge in [-0.3, -0.25) is 4.68 Å². The maximum absolute atomic E-state index is 14.0. The van der Waals surface area contributed by atoms with Crippen molar-refractivity contribution in [3.8, 4) is 0 Å². The Morgan fingerprint density at radius 1 is 1.15 bits per heavy atom. The molecule has 0 N–H and O–H groups in total. The Labute approximate surface area is 151 Å². The molecule has 26 heavy (non-hydrogen) atoms. The van der Waals surface area contributed by atoms with E-state index in [2.05, 4.69) is 31.8 Å². The molecule has 1 fully saturated rings. The Kier molecular flexibility index (Phi) is 4.64. The fourth-order valence-corrected chi connectivity index (χ4v) is 3.61. The monoisotopic (exact) mass is 355 g/mol. The molecule has 8 heteroatoms. The van der Waals surface area contributed by atoms with Crippen molar-refractivity contribution in [1.82, 2.24) is 29.5 Å². The summed E-state index contributed by atoms with van der Waals surface area (Å²) in [5, 5.41) is 13.1. The molecule has 1 aliphatic rings. The number of hydrogen-bond acceptors (Lipinski definition) is 5. The van der Waals surface area contributed by atoms with Crippen LogP contribution in [0.2, 0.25) is 0 Å². The number of nitrogens with zero attached hydrogens (tertiary/aromatic N) is 7. The van der Waals surface area contributed by atoms with Crippen molar-refractivity contribution in [2.75, 3.05) is 18.0 Å². The van der Waals surface area contributed by atoms with Gasteiger partial charge in [0, 0.05) is 44.1 Å². The Bertz CT molecular complexity index is 850. The largest absolute Gasteiger partial charge is 0.354 e. The van der Waals surface area contributed by atoms with Gasteiger partial charge < -0.3 is 9.47 Å². The first kappa shape index (κ1) is 16.7. The number of piperidine rings is 1. The molecule has 3 aromatic rings. The normalized spacial score (nSPS) is 15.5. The maximum atomic E-state index is 14.0. The van der Waals surface area contributed by atoms with E-state index in [1.807, 2.05) is 21.8 Å². The minimum Gasteiger partial charge on any atom is -0.354 e.